The number of nitrogens with zero attached hydrogens (tertiary/aromatic N) is 3. The van der Waals surface area contributed by atoms with Crippen molar-refractivity contribution in [1.29, 1.82) is 0 Å². The molecule has 22 heavy (non-hydrogen) atoms. The second-order valence-electron chi connectivity index (χ2n) is 5.99. The smallest absolute Gasteiger partial charge is 0.244 e. The molecule has 1 fully saturated rings. The van der Waals surface area contributed by atoms with Crippen LogP contribution >= 0.6 is 24.0 Å². The molecule has 0 radical (unpaired) electrons. The molecule has 0 saturated carbocycles. The van der Waals surface area contributed by atoms with Crippen LogP contribution < -0.4 is 5.73 Å². The van der Waals surface area contributed by atoms with Crippen molar-refractivity contribution in [2.75, 3.05) is 13.1 Å². The highest BCUT2D eigenvalue weighted by molar-refractivity contribution is 6.31. The maximum absolute atomic E-state index is 12.7. The van der Waals surface area contributed by atoms with Gasteiger partial charge in [-0.25, -0.2) is 0 Å². The van der Waals surface area contributed by atoms with Crippen molar-refractivity contribution in [3.8, 4) is 0 Å². The number of hydrogen-bond donors (Lipinski definition) is 1. The van der Waals surface area contributed by atoms with Gasteiger partial charge in [0.15, 0.2) is 0 Å². The normalized spacial score (nSPS) is 21.6. The fourth-order valence-electron chi connectivity index (χ4n) is 3.22. The predicted molar refractivity (Wildman–Crippen MR) is 91.5 cm³/mol. The molecule has 1 aromatic rings. The average Bonchev–Trinajstić information content (AvgIpc) is 2.68. The molecule has 5 nitrogen and oxygen atoms in total. The van der Waals surface area contributed by atoms with E-state index in [4.69, 9.17) is 17.3 Å². The third-order valence-electron chi connectivity index (χ3n) is 4.48. The zero-order valence-corrected chi connectivity index (χ0v) is 15.1. The molecular formula is C15H26Cl2N4O. The van der Waals surface area contributed by atoms with Crippen molar-refractivity contribution in [3.63, 3.8) is 0 Å². The molecule has 7 heteroatoms. The average molecular weight is 349 g/mol. The number of aromatic nitrogens is 2. The van der Waals surface area contributed by atoms with Crippen LogP contribution in [-0.4, -0.2) is 39.7 Å². The van der Waals surface area contributed by atoms with E-state index < -0.39 is 0 Å². The summed E-state index contributed by atoms with van der Waals surface area (Å²) in [5, 5.41) is 4.99. The quantitative estimate of drug-likeness (QED) is 0.909. The number of rotatable bonds is 4. The molecular weight excluding hydrogens is 323 g/mol. The SMILES string of the molecule is Cc1nn(CC(=O)N2CCCC(C)C2CCN)c(C)c1Cl.Cl. The maximum Gasteiger partial charge on any atom is 0.244 e. The molecule has 1 aromatic heterocycles. The summed E-state index contributed by atoms with van der Waals surface area (Å²) in [6.45, 7) is 7.65. The van der Waals surface area contributed by atoms with E-state index in [9.17, 15) is 4.79 Å². The van der Waals surface area contributed by atoms with Gasteiger partial charge in [-0.15, -0.1) is 12.4 Å². The lowest BCUT2D eigenvalue weighted by atomic mass is 9.88. The minimum atomic E-state index is 0. The molecule has 1 aliphatic rings. The first-order valence-corrected chi connectivity index (χ1v) is 8.02. The van der Waals surface area contributed by atoms with E-state index in [0.29, 0.717) is 17.5 Å². The van der Waals surface area contributed by atoms with Crippen molar-refractivity contribution in [2.24, 2.45) is 11.7 Å². The number of nitrogens with two attached hydrogens (primary N) is 1. The molecule has 0 spiro atoms. The Hall–Kier alpha value is -0.780. The zero-order chi connectivity index (χ0) is 15.6. The largest absolute Gasteiger partial charge is 0.338 e. The Morgan fingerprint density at radius 2 is 2.14 bits per heavy atom. The molecule has 0 aliphatic carbocycles. The van der Waals surface area contributed by atoms with Gasteiger partial charge in [-0.05, 0) is 45.6 Å². The number of carbonyl (C=O) groups is 1. The summed E-state index contributed by atoms with van der Waals surface area (Å²) in [4.78, 5) is 14.6. The lowest BCUT2D eigenvalue weighted by Crippen LogP contribution is -2.49. The van der Waals surface area contributed by atoms with Crippen LogP contribution in [0.4, 0.5) is 0 Å². The Bertz CT molecular complexity index is 518. The number of halogens is 2. The Labute approximate surface area is 143 Å². The number of hydrogen-bond acceptors (Lipinski definition) is 3. The van der Waals surface area contributed by atoms with Gasteiger partial charge in [0, 0.05) is 12.6 Å². The lowest BCUT2D eigenvalue weighted by molar-refractivity contribution is -0.137. The van der Waals surface area contributed by atoms with E-state index in [0.717, 1.165) is 30.8 Å². The van der Waals surface area contributed by atoms with Gasteiger partial charge in [0.25, 0.3) is 0 Å². The van der Waals surface area contributed by atoms with Crippen LogP contribution in [-0.2, 0) is 11.3 Å². The first-order valence-electron chi connectivity index (χ1n) is 7.64. The molecule has 1 aliphatic heterocycles. The van der Waals surface area contributed by atoms with Crippen LogP contribution in [0.1, 0.15) is 37.6 Å². The highest BCUT2D eigenvalue weighted by atomic mass is 35.5. The number of amides is 1. The third-order valence-corrected chi connectivity index (χ3v) is 5.02. The minimum Gasteiger partial charge on any atom is -0.338 e. The van der Waals surface area contributed by atoms with Crippen LogP contribution in [0.3, 0.4) is 0 Å². The fraction of sp³-hybridized carbons (Fsp3) is 0.733. The van der Waals surface area contributed by atoms with Crippen LogP contribution in [0.2, 0.25) is 5.02 Å². The molecule has 2 unspecified atom stereocenters. The minimum absolute atomic E-state index is 0. The maximum atomic E-state index is 12.7. The Morgan fingerprint density at radius 3 is 2.68 bits per heavy atom. The summed E-state index contributed by atoms with van der Waals surface area (Å²) in [5.74, 6) is 0.623. The molecule has 2 N–H and O–H groups in total. The molecule has 1 saturated heterocycles. The highest BCUT2D eigenvalue weighted by Crippen LogP contribution is 2.26. The first kappa shape index (κ1) is 19.3. The van der Waals surface area contributed by atoms with Gasteiger partial charge in [-0.1, -0.05) is 18.5 Å². The molecule has 2 rings (SSSR count). The number of carbonyl (C=O) groups excluding carboxylic acids is 1. The third kappa shape index (κ3) is 3.94. The predicted octanol–water partition coefficient (Wildman–Crippen LogP) is 2.55. The monoisotopic (exact) mass is 348 g/mol. The van der Waals surface area contributed by atoms with Crippen molar-refractivity contribution < 1.29 is 4.79 Å². The van der Waals surface area contributed by atoms with Gasteiger partial charge in [0.2, 0.25) is 5.91 Å². The van der Waals surface area contributed by atoms with Gasteiger partial charge >= 0.3 is 0 Å². The summed E-state index contributed by atoms with van der Waals surface area (Å²) in [5.41, 5.74) is 7.33. The van der Waals surface area contributed by atoms with E-state index in [1.807, 2.05) is 18.7 Å². The molecule has 0 bridgehead atoms. The summed E-state index contributed by atoms with van der Waals surface area (Å²) in [6.07, 6.45) is 3.09. The molecule has 2 heterocycles. The molecule has 2 atom stereocenters. The van der Waals surface area contributed by atoms with Crippen molar-refractivity contribution in [3.05, 3.63) is 16.4 Å². The highest BCUT2D eigenvalue weighted by Gasteiger charge is 2.31. The van der Waals surface area contributed by atoms with E-state index >= 15 is 0 Å². The van der Waals surface area contributed by atoms with Gasteiger partial charge in [-0.2, -0.15) is 5.10 Å². The fourth-order valence-corrected chi connectivity index (χ4v) is 3.35. The van der Waals surface area contributed by atoms with Crippen molar-refractivity contribution in [1.82, 2.24) is 14.7 Å². The van der Waals surface area contributed by atoms with E-state index in [1.54, 1.807) is 4.68 Å². The first-order chi connectivity index (χ1) is 9.95. The number of likely N-dealkylation sites (tertiary alicyclic amines) is 1. The summed E-state index contributed by atoms with van der Waals surface area (Å²) in [6, 6.07) is 0.253. The number of piperidine rings is 1. The second kappa shape index (κ2) is 8.18. The van der Waals surface area contributed by atoms with Crippen LogP contribution in [0.15, 0.2) is 0 Å². The Kier molecular flexibility index (Phi) is 7.16. The topological polar surface area (TPSA) is 64.2 Å². The molecule has 126 valence electrons. The second-order valence-corrected chi connectivity index (χ2v) is 6.37. The van der Waals surface area contributed by atoms with Crippen LogP contribution in [0, 0.1) is 19.8 Å². The molecule has 0 aromatic carbocycles. The van der Waals surface area contributed by atoms with Gasteiger partial charge in [0.05, 0.1) is 16.4 Å². The number of aryl methyl sites for hydroxylation is 1. The summed E-state index contributed by atoms with van der Waals surface area (Å²) >= 11 is 6.14. The Morgan fingerprint density at radius 1 is 1.45 bits per heavy atom. The van der Waals surface area contributed by atoms with Gasteiger partial charge in [0.1, 0.15) is 6.54 Å². The summed E-state index contributed by atoms with van der Waals surface area (Å²) < 4.78 is 1.71. The van der Waals surface area contributed by atoms with Crippen LogP contribution in [0.5, 0.6) is 0 Å². The van der Waals surface area contributed by atoms with Gasteiger partial charge < -0.3 is 10.6 Å². The summed E-state index contributed by atoms with van der Waals surface area (Å²) in [7, 11) is 0. The Balaban J connectivity index is 0.00000242. The van der Waals surface area contributed by atoms with Crippen LogP contribution in [0.25, 0.3) is 0 Å². The zero-order valence-electron chi connectivity index (χ0n) is 13.5. The molecule has 1 amide bonds. The lowest BCUT2D eigenvalue weighted by Gasteiger charge is -2.40. The van der Waals surface area contributed by atoms with E-state index in [2.05, 4.69) is 12.0 Å². The standard InChI is InChI=1S/C15H25ClN4O.ClH/c1-10-5-4-8-19(13(10)6-7-17)14(21)9-20-12(3)15(16)11(2)18-20;/h10,13H,4-9,17H2,1-3H3;1H. The van der Waals surface area contributed by atoms with Gasteiger partial charge in [-0.3, -0.25) is 9.48 Å². The van der Waals surface area contributed by atoms with Crippen molar-refractivity contribution >= 4 is 29.9 Å². The van der Waals surface area contributed by atoms with E-state index in [-0.39, 0.29) is 30.9 Å². The van der Waals surface area contributed by atoms with E-state index in [1.165, 1.54) is 6.42 Å². The van der Waals surface area contributed by atoms with Crippen molar-refractivity contribution in [2.45, 2.75) is 52.6 Å².